The fourth-order valence-electron chi connectivity index (χ4n) is 9.82. The minimum absolute atomic E-state index is 0.428. The molecular weight excluding hydrogens is 773 g/mol. The lowest BCUT2D eigenvalue weighted by molar-refractivity contribution is 0.827. The summed E-state index contributed by atoms with van der Waals surface area (Å²) in [5.74, 6) is 0.428. The second-order valence-corrected chi connectivity index (χ2v) is 17.1. The molecule has 0 fully saturated rings. The van der Waals surface area contributed by atoms with E-state index in [9.17, 15) is 0 Å². The Morgan fingerprint density at radius 2 is 0.875 bits per heavy atom. The fourth-order valence-corrected chi connectivity index (χ4v) is 9.82. The van der Waals surface area contributed by atoms with Gasteiger partial charge in [-0.3, -0.25) is 0 Å². The van der Waals surface area contributed by atoms with Gasteiger partial charge in [-0.15, -0.1) is 0 Å². The summed E-state index contributed by atoms with van der Waals surface area (Å²) >= 11 is 0. The van der Waals surface area contributed by atoms with Gasteiger partial charge in [0.2, 0.25) is 0 Å². The van der Waals surface area contributed by atoms with Gasteiger partial charge in [-0.2, -0.15) is 0 Å². The van der Waals surface area contributed by atoms with Crippen molar-refractivity contribution in [3.8, 4) is 22.3 Å². The van der Waals surface area contributed by atoms with E-state index in [1.807, 2.05) is 0 Å². The van der Waals surface area contributed by atoms with Gasteiger partial charge in [0.15, 0.2) is 0 Å². The van der Waals surface area contributed by atoms with E-state index in [1.54, 1.807) is 5.57 Å². The van der Waals surface area contributed by atoms with E-state index < -0.39 is 0 Å². The molecule has 11 rings (SSSR count). The van der Waals surface area contributed by atoms with Crippen LogP contribution in [0.3, 0.4) is 0 Å². The van der Waals surface area contributed by atoms with Crippen LogP contribution in [0.15, 0.2) is 242 Å². The first-order chi connectivity index (χ1) is 31.7. The number of fused-ring (bicyclic) bond motifs is 2. The molecule has 8 aromatic rings. The van der Waals surface area contributed by atoms with Crippen LogP contribution in [0.1, 0.15) is 53.9 Å². The highest BCUT2D eigenvalue weighted by Gasteiger charge is 2.22. The average molecular weight is 823 g/mol. The Morgan fingerprint density at radius 3 is 1.44 bits per heavy atom. The lowest BCUT2D eigenvalue weighted by atomic mass is 9.81. The average Bonchev–Trinajstić information content (AvgIpc) is 3.38. The van der Waals surface area contributed by atoms with Crippen LogP contribution in [-0.4, -0.2) is 0 Å². The van der Waals surface area contributed by atoms with Gasteiger partial charge in [-0.05, 0) is 161 Å². The van der Waals surface area contributed by atoms with Gasteiger partial charge in [0.25, 0.3) is 0 Å². The maximum atomic E-state index is 2.43. The summed E-state index contributed by atoms with van der Waals surface area (Å²) in [4.78, 5) is 4.75. The summed E-state index contributed by atoms with van der Waals surface area (Å²) in [5, 5.41) is 0. The quantitative estimate of drug-likeness (QED) is 0.136. The number of rotatable bonds is 10. The molecule has 64 heavy (non-hydrogen) atoms. The molecule has 3 aliphatic rings. The molecule has 0 spiro atoms. The Hall–Kier alpha value is -7.68. The number of nitrogens with zero attached hydrogens (tertiary/aromatic N) is 2. The highest BCUT2D eigenvalue weighted by atomic mass is 15.1. The van der Waals surface area contributed by atoms with Gasteiger partial charge in [-0.1, -0.05) is 169 Å². The van der Waals surface area contributed by atoms with Crippen LogP contribution in [0.4, 0.5) is 34.1 Å². The molecule has 0 saturated carbocycles. The summed E-state index contributed by atoms with van der Waals surface area (Å²) in [5.41, 5.74) is 21.4. The number of benzene rings is 8. The van der Waals surface area contributed by atoms with Crippen LogP contribution in [0.5, 0.6) is 0 Å². The minimum atomic E-state index is 0.428. The van der Waals surface area contributed by atoms with Crippen LogP contribution in [0.2, 0.25) is 0 Å². The molecule has 0 amide bonds. The van der Waals surface area contributed by atoms with E-state index in [0.717, 1.165) is 54.1 Å². The third-order valence-electron chi connectivity index (χ3n) is 13.2. The molecule has 0 saturated heterocycles. The molecule has 3 aliphatic carbocycles. The minimum Gasteiger partial charge on any atom is -0.311 e. The largest absolute Gasteiger partial charge is 0.311 e. The van der Waals surface area contributed by atoms with Crippen molar-refractivity contribution >= 4 is 45.3 Å². The Balaban J connectivity index is 0.871. The van der Waals surface area contributed by atoms with Crippen molar-refractivity contribution in [2.45, 2.75) is 38.0 Å². The molecule has 0 bridgehead atoms. The molecule has 308 valence electrons. The van der Waals surface area contributed by atoms with Crippen molar-refractivity contribution < 1.29 is 0 Å². The number of allylic oxidation sites excluding steroid dienone is 8. The van der Waals surface area contributed by atoms with Gasteiger partial charge in [0.05, 0.1) is 0 Å². The number of para-hydroxylation sites is 1. The molecule has 1 unspecified atom stereocenters. The normalized spacial score (nSPS) is 15.2. The Bertz CT molecular complexity index is 3010. The molecule has 8 aromatic carbocycles. The molecule has 0 N–H and O–H groups in total. The number of hydrogen-bond acceptors (Lipinski definition) is 2. The monoisotopic (exact) mass is 822 g/mol. The summed E-state index contributed by atoms with van der Waals surface area (Å²) in [6, 6.07) is 75.3. The van der Waals surface area contributed by atoms with Gasteiger partial charge >= 0.3 is 0 Å². The lowest BCUT2D eigenvalue weighted by Crippen LogP contribution is -2.12. The number of hydrogen-bond donors (Lipinski definition) is 0. The topological polar surface area (TPSA) is 6.48 Å². The maximum absolute atomic E-state index is 2.43. The van der Waals surface area contributed by atoms with Crippen molar-refractivity contribution in [3.63, 3.8) is 0 Å². The van der Waals surface area contributed by atoms with Crippen LogP contribution >= 0.6 is 0 Å². The highest BCUT2D eigenvalue weighted by molar-refractivity contribution is 5.86. The summed E-state index contributed by atoms with van der Waals surface area (Å²) in [7, 11) is 0. The van der Waals surface area contributed by atoms with E-state index in [0.29, 0.717) is 5.92 Å². The second-order valence-electron chi connectivity index (χ2n) is 17.1. The molecule has 0 aliphatic heterocycles. The first-order valence-electron chi connectivity index (χ1n) is 22.8. The van der Waals surface area contributed by atoms with Crippen molar-refractivity contribution in [1.82, 2.24) is 0 Å². The number of anilines is 6. The Labute approximate surface area is 378 Å². The van der Waals surface area contributed by atoms with Crippen LogP contribution < -0.4 is 9.80 Å². The molecule has 0 heterocycles. The molecule has 0 aromatic heterocycles. The lowest BCUT2D eigenvalue weighted by Gasteiger charge is -2.29. The van der Waals surface area contributed by atoms with Gasteiger partial charge in [0, 0.05) is 40.0 Å². The van der Waals surface area contributed by atoms with E-state index in [-0.39, 0.29) is 0 Å². The van der Waals surface area contributed by atoms with Crippen molar-refractivity contribution in [2.75, 3.05) is 9.80 Å². The molecule has 0 radical (unpaired) electrons. The number of aryl methyl sites for hydroxylation is 1. The molecular formula is C62H50N2. The Morgan fingerprint density at radius 1 is 0.391 bits per heavy atom. The van der Waals surface area contributed by atoms with Gasteiger partial charge < -0.3 is 9.80 Å². The first kappa shape index (κ1) is 39.2. The van der Waals surface area contributed by atoms with Crippen molar-refractivity contribution in [1.29, 1.82) is 0 Å². The van der Waals surface area contributed by atoms with Crippen molar-refractivity contribution in [3.05, 3.63) is 264 Å². The third-order valence-corrected chi connectivity index (χ3v) is 13.2. The van der Waals surface area contributed by atoms with Crippen LogP contribution in [0, 0.1) is 0 Å². The molecule has 1 atom stereocenters. The second kappa shape index (κ2) is 17.6. The van der Waals surface area contributed by atoms with E-state index in [2.05, 4.69) is 246 Å². The predicted molar refractivity (Wildman–Crippen MR) is 271 cm³/mol. The van der Waals surface area contributed by atoms with Crippen LogP contribution in [0.25, 0.3) is 33.4 Å². The van der Waals surface area contributed by atoms with E-state index in [4.69, 9.17) is 0 Å². The highest BCUT2D eigenvalue weighted by Crippen LogP contribution is 2.43. The molecule has 2 heteroatoms. The predicted octanol–water partition coefficient (Wildman–Crippen LogP) is 17.1. The first-order valence-corrected chi connectivity index (χ1v) is 22.8. The van der Waals surface area contributed by atoms with E-state index >= 15 is 0 Å². The Kier molecular flexibility index (Phi) is 10.8. The van der Waals surface area contributed by atoms with E-state index in [1.165, 1.54) is 67.8 Å². The summed E-state index contributed by atoms with van der Waals surface area (Å²) < 4.78 is 0. The maximum Gasteiger partial charge on any atom is 0.0464 e. The molecule has 2 nitrogen and oxygen atoms in total. The zero-order valence-electron chi connectivity index (χ0n) is 36.0. The van der Waals surface area contributed by atoms with Gasteiger partial charge in [-0.25, -0.2) is 0 Å². The van der Waals surface area contributed by atoms with Gasteiger partial charge in [0.1, 0.15) is 0 Å². The standard InChI is InChI=1S/C62H50N2/c1-4-12-45(13-5-1)47-20-22-48(23-21-47)50-28-34-56(35-29-50)63(55-17-8-3-9-18-55)57-36-30-51(31-37-57)52-32-40-59(41-33-52)64(58-38-26-49(27-39-58)46-14-6-2-7-15-46)60-42-43-62-54(44-60)25-24-53-16-10-11-19-61(53)62/h1-9,11-15,17-20,22-23,26-44,47H,10,16,21,24-25H2. The fraction of sp³-hybridized carbons (Fsp3) is 0.0968. The zero-order valence-corrected chi connectivity index (χ0v) is 36.0. The van der Waals surface area contributed by atoms with Crippen molar-refractivity contribution in [2.24, 2.45) is 0 Å². The van der Waals surface area contributed by atoms with Crippen LogP contribution in [-0.2, 0) is 6.42 Å². The zero-order chi connectivity index (χ0) is 42.7. The smallest absolute Gasteiger partial charge is 0.0464 e. The summed E-state index contributed by atoms with van der Waals surface area (Å²) in [6.45, 7) is 0. The third kappa shape index (κ3) is 7.96. The SMILES string of the molecule is C1=CC2=C(CC1)CCc1cc(N(c3ccc(-c4ccccc4)cc3)c3ccc(-c4ccc(N(c5ccccc5)c5ccc(C6=CCC(c7ccccc7)C=C6)cc5)cc4)cc3)ccc12. The summed E-state index contributed by atoms with van der Waals surface area (Å²) in [6.07, 6.45) is 17.3.